The van der Waals surface area contributed by atoms with Gasteiger partial charge in [0.25, 0.3) is 5.92 Å². The highest BCUT2D eigenvalue weighted by Gasteiger charge is 2.27. The maximum absolute atomic E-state index is 12.7. The van der Waals surface area contributed by atoms with Crippen LogP contribution in [-0.4, -0.2) is 45.0 Å². The van der Waals surface area contributed by atoms with Crippen molar-refractivity contribution in [3.05, 3.63) is 17.5 Å². The van der Waals surface area contributed by atoms with Crippen molar-refractivity contribution in [3.63, 3.8) is 0 Å². The molecule has 0 unspecified atom stereocenters. The van der Waals surface area contributed by atoms with E-state index in [2.05, 4.69) is 10.4 Å². The minimum atomic E-state index is -3.22. The van der Waals surface area contributed by atoms with Crippen molar-refractivity contribution in [2.75, 3.05) is 13.2 Å². The molecular weight excluding hydrogens is 236 g/mol. The van der Waals surface area contributed by atoms with Crippen molar-refractivity contribution in [2.45, 2.75) is 12.5 Å². The van der Waals surface area contributed by atoms with Gasteiger partial charge in [0.15, 0.2) is 0 Å². The Hall–Kier alpha value is -1.54. The molecule has 0 aliphatic heterocycles. The number of nitrogens with zero attached hydrogens (tertiary/aromatic N) is 2. The number of carboxylic acids is 1. The van der Waals surface area contributed by atoms with Crippen LogP contribution in [0.5, 0.6) is 0 Å². The van der Waals surface area contributed by atoms with E-state index in [0.29, 0.717) is 5.69 Å². The number of nitrogens with one attached hydrogen (secondary N) is 1. The van der Waals surface area contributed by atoms with E-state index in [4.69, 9.17) is 10.2 Å². The van der Waals surface area contributed by atoms with Crippen molar-refractivity contribution in [1.82, 2.24) is 15.1 Å². The average Bonchev–Trinajstić information content (AvgIpc) is 2.60. The van der Waals surface area contributed by atoms with Crippen LogP contribution in [-0.2, 0) is 13.6 Å². The van der Waals surface area contributed by atoms with Crippen LogP contribution in [0.1, 0.15) is 16.1 Å². The van der Waals surface area contributed by atoms with E-state index in [9.17, 15) is 13.6 Å². The van der Waals surface area contributed by atoms with Gasteiger partial charge in [-0.1, -0.05) is 0 Å². The molecule has 0 saturated heterocycles. The molecule has 1 aromatic heterocycles. The maximum Gasteiger partial charge on any atom is 0.339 e. The van der Waals surface area contributed by atoms with Gasteiger partial charge in [-0.05, 0) is 0 Å². The molecule has 0 aromatic carbocycles. The number of aryl methyl sites for hydroxylation is 1. The largest absolute Gasteiger partial charge is 0.478 e. The Morgan fingerprint density at radius 3 is 2.82 bits per heavy atom. The highest BCUT2D eigenvalue weighted by molar-refractivity contribution is 5.88. The molecule has 0 aliphatic carbocycles. The third kappa shape index (κ3) is 3.46. The Morgan fingerprint density at radius 1 is 1.65 bits per heavy atom. The summed E-state index contributed by atoms with van der Waals surface area (Å²) >= 11 is 0. The van der Waals surface area contributed by atoms with E-state index in [-0.39, 0.29) is 12.1 Å². The molecule has 0 saturated carbocycles. The normalized spacial score (nSPS) is 11.8. The summed E-state index contributed by atoms with van der Waals surface area (Å²) in [6.07, 6.45) is 1.16. The van der Waals surface area contributed by atoms with Crippen molar-refractivity contribution < 1.29 is 23.8 Å². The lowest BCUT2D eigenvalue weighted by molar-refractivity contribution is -0.0478. The molecule has 17 heavy (non-hydrogen) atoms. The second kappa shape index (κ2) is 5.19. The first-order valence-electron chi connectivity index (χ1n) is 4.81. The lowest BCUT2D eigenvalue weighted by atomic mass is 10.2. The first-order chi connectivity index (χ1) is 7.87. The Balaban J connectivity index is 2.63. The van der Waals surface area contributed by atoms with Gasteiger partial charge in [0.2, 0.25) is 0 Å². The van der Waals surface area contributed by atoms with Crippen LogP contribution in [0.2, 0.25) is 0 Å². The van der Waals surface area contributed by atoms with Gasteiger partial charge in [0, 0.05) is 13.6 Å². The quantitative estimate of drug-likeness (QED) is 0.652. The lowest BCUT2D eigenvalue weighted by Crippen LogP contribution is -2.36. The molecule has 0 radical (unpaired) electrons. The van der Waals surface area contributed by atoms with Gasteiger partial charge in [-0.2, -0.15) is 5.10 Å². The lowest BCUT2D eigenvalue weighted by Gasteiger charge is -2.14. The van der Waals surface area contributed by atoms with Gasteiger partial charge < -0.3 is 15.5 Å². The zero-order valence-electron chi connectivity index (χ0n) is 9.15. The Morgan fingerprint density at radius 2 is 2.29 bits per heavy atom. The fourth-order valence-electron chi connectivity index (χ4n) is 1.27. The number of carbonyl (C=O) groups is 1. The zero-order valence-corrected chi connectivity index (χ0v) is 9.15. The maximum atomic E-state index is 12.7. The molecule has 0 fully saturated rings. The molecule has 8 heteroatoms. The Bertz CT molecular complexity index is 406. The topological polar surface area (TPSA) is 87.4 Å². The van der Waals surface area contributed by atoms with Crippen molar-refractivity contribution in [1.29, 1.82) is 0 Å². The van der Waals surface area contributed by atoms with Crippen LogP contribution in [0.15, 0.2) is 6.20 Å². The fourth-order valence-corrected chi connectivity index (χ4v) is 1.27. The number of halogens is 2. The van der Waals surface area contributed by atoms with Gasteiger partial charge >= 0.3 is 5.97 Å². The van der Waals surface area contributed by atoms with Crippen molar-refractivity contribution in [2.24, 2.45) is 7.05 Å². The number of hydrogen-bond acceptors (Lipinski definition) is 4. The predicted molar refractivity (Wildman–Crippen MR) is 53.9 cm³/mol. The highest BCUT2D eigenvalue weighted by atomic mass is 19.3. The summed E-state index contributed by atoms with van der Waals surface area (Å²) < 4.78 is 26.7. The highest BCUT2D eigenvalue weighted by Crippen LogP contribution is 2.11. The van der Waals surface area contributed by atoms with E-state index < -0.39 is 25.0 Å². The zero-order chi connectivity index (χ0) is 13.1. The molecule has 0 spiro atoms. The van der Waals surface area contributed by atoms with E-state index in [1.807, 2.05) is 0 Å². The van der Waals surface area contributed by atoms with Gasteiger partial charge in [-0.25, -0.2) is 13.6 Å². The van der Waals surface area contributed by atoms with Gasteiger partial charge in [0.05, 0.1) is 18.4 Å². The summed E-state index contributed by atoms with van der Waals surface area (Å²) in [4.78, 5) is 10.8. The number of aliphatic hydroxyl groups excluding tert-OH is 1. The molecule has 3 N–H and O–H groups in total. The molecule has 0 atom stereocenters. The first-order valence-corrected chi connectivity index (χ1v) is 4.81. The number of aromatic carboxylic acids is 1. The third-order valence-electron chi connectivity index (χ3n) is 2.20. The van der Waals surface area contributed by atoms with Gasteiger partial charge in [0.1, 0.15) is 12.2 Å². The van der Waals surface area contributed by atoms with Crippen molar-refractivity contribution >= 4 is 5.97 Å². The number of aliphatic hydroxyl groups is 1. The predicted octanol–water partition coefficient (Wildman–Crippen LogP) is -0.164. The number of alkyl halides is 2. The summed E-state index contributed by atoms with van der Waals surface area (Å²) in [5.41, 5.74) is 0.263. The molecule has 1 aromatic rings. The molecule has 0 aliphatic rings. The number of hydrogen-bond donors (Lipinski definition) is 3. The minimum absolute atomic E-state index is 0.0349. The summed E-state index contributed by atoms with van der Waals surface area (Å²) in [6.45, 7) is -2.04. The summed E-state index contributed by atoms with van der Waals surface area (Å²) in [5.74, 6) is -4.38. The molecule has 0 bridgehead atoms. The molecule has 1 heterocycles. The molecule has 96 valence electrons. The van der Waals surface area contributed by atoms with Crippen LogP contribution in [0.25, 0.3) is 0 Å². The third-order valence-corrected chi connectivity index (χ3v) is 2.20. The Labute approximate surface area is 95.9 Å². The van der Waals surface area contributed by atoms with Crippen LogP contribution in [0.3, 0.4) is 0 Å². The van der Waals surface area contributed by atoms with Crippen LogP contribution in [0.4, 0.5) is 8.78 Å². The smallest absolute Gasteiger partial charge is 0.339 e. The molecule has 1 rings (SSSR count). The number of aromatic nitrogens is 2. The molecule has 0 amide bonds. The van der Waals surface area contributed by atoms with E-state index >= 15 is 0 Å². The average molecular weight is 249 g/mol. The van der Waals surface area contributed by atoms with Crippen LogP contribution >= 0.6 is 0 Å². The summed E-state index contributed by atoms with van der Waals surface area (Å²) in [5, 5.41) is 23.3. The van der Waals surface area contributed by atoms with Crippen LogP contribution in [0, 0.1) is 0 Å². The number of rotatable bonds is 6. The Kier molecular flexibility index (Phi) is 4.13. The molecule has 6 nitrogen and oxygen atoms in total. The van der Waals surface area contributed by atoms with E-state index in [0.717, 1.165) is 6.20 Å². The number of carboxylic acid groups (broad SMARTS) is 1. The second-order valence-corrected chi connectivity index (χ2v) is 3.55. The van der Waals surface area contributed by atoms with E-state index in [1.165, 1.54) is 11.7 Å². The first kappa shape index (κ1) is 13.5. The van der Waals surface area contributed by atoms with Gasteiger partial charge in [-0.15, -0.1) is 0 Å². The SMILES string of the molecule is Cn1ncc(C(=O)O)c1CNCC(F)(F)CO. The van der Waals surface area contributed by atoms with Gasteiger partial charge in [-0.3, -0.25) is 4.68 Å². The summed E-state index contributed by atoms with van der Waals surface area (Å²) in [7, 11) is 1.52. The second-order valence-electron chi connectivity index (χ2n) is 3.55. The standard InChI is InChI=1S/C9H13F2N3O3/c1-14-7(6(2-13-14)8(16)17)3-12-4-9(10,11)5-15/h2,12,15H,3-5H2,1H3,(H,16,17). The van der Waals surface area contributed by atoms with Crippen molar-refractivity contribution in [3.8, 4) is 0 Å². The van der Waals surface area contributed by atoms with Crippen LogP contribution < -0.4 is 5.32 Å². The molecular formula is C9H13F2N3O3. The minimum Gasteiger partial charge on any atom is -0.478 e. The summed E-state index contributed by atoms with van der Waals surface area (Å²) in [6, 6.07) is 0. The monoisotopic (exact) mass is 249 g/mol. The fraction of sp³-hybridized carbons (Fsp3) is 0.556. The van der Waals surface area contributed by atoms with E-state index in [1.54, 1.807) is 0 Å².